The molecule has 0 atom stereocenters. The van der Waals surface area contributed by atoms with Crippen molar-refractivity contribution in [1.82, 2.24) is 0 Å². The molecule has 3 nitrogen and oxygen atoms in total. The van der Waals surface area contributed by atoms with Crippen molar-refractivity contribution in [3.63, 3.8) is 0 Å². The fourth-order valence-electron chi connectivity index (χ4n) is 9.35. The molecule has 7 rings (SSSR count). The van der Waals surface area contributed by atoms with Crippen LogP contribution in [0.5, 0.6) is 0 Å². The van der Waals surface area contributed by atoms with Crippen LogP contribution in [0.4, 0.5) is 17.1 Å². The average Bonchev–Trinajstić information content (AvgIpc) is 3.51. The van der Waals surface area contributed by atoms with Gasteiger partial charge in [-0.2, -0.15) is 0 Å². The monoisotopic (exact) mass is 758 g/mol. The summed E-state index contributed by atoms with van der Waals surface area (Å²) in [5.41, 5.74) is 16.6. The second kappa shape index (κ2) is 14.7. The third kappa shape index (κ3) is 7.78. The Morgan fingerprint density at radius 2 is 1.33 bits per heavy atom. The van der Waals surface area contributed by atoms with Gasteiger partial charge in [-0.3, -0.25) is 0 Å². The van der Waals surface area contributed by atoms with Crippen LogP contribution in [0.1, 0.15) is 142 Å². The summed E-state index contributed by atoms with van der Waals surface area (Å²) in [6.45, 7) is 31.1. The molecule has 1 aromatic heterocycles. The first-order valence-electron chi connectivity index (χ1n) is 21.4. The first-order chi connectivity index (χ1) is 26.7. The van der Waals surface area contributed by atoms with Crippen molar-refractivity contribution < 1.29 is 4.42 Å². The SMILES string of the molecule is C/C=C/[B]c1oc2ccc(C(C)(C)C)cc2c1N(C/C=C/Nc1cc2c(cc1-c1ccccc1C)C(C)(C)CCC2(C)C)c1ccc2c(c1)C(C)(C)CCC2(C)C. The highest BCUT2D eigenvalue weighted by Gasteiger charge is 2.39. The lowest BCUT2D eigenvalue weighted by Gasteiger charge is -2.42. The Bertz CT molecular complexity index is 2360. The molecule has 0 spiro atoms. The lowest BCUT2D eigenvalue weighted by Crippen LogP contribution is -2.34. The van der Waals surface area contributed by atoms with Crippen LogP contribution in [0.3, 0.4) is 0 Å². The number of fused-ring (bicyclic) bond motifs is 3. The molecule has 297 valence electrons. The Balaban J connectivity index is 1.37. The Labute approximate surface area is 345 Å². The summed E-state index contributed by atoms with van der Waals surface area (Å²) in [6, 6.07) is 27.7. The van der Waals surface area contributed by atoms with Gasteiger partial charge >= 0.3 is 0 Å². The smallest absolute Gasteiger partial charge is 0.234 e. The molecular weight excluding hydrogens is 691 g/mol. The van der Waals surface area contributed by atoms with Gasteiger partial charge in [-0.15, -0.1) is 12.1 Å². The highest BCUT2D eigenvalue weighted by Crippen LogP contribution is 2.50. The summed E-state index contributed by atoms with van der Waals surface area (Å²) in [7, 11) is 2.12. The van der Waals surface area contributed by atoms with Gasteiger partial charge in [0, 0.05) is 28.9 Å². The quantitative estimate of drug-likeness (QED) is 0.152. The number of anilines is 3. The number of allylic oxidation sites excluding steroid dienone is 1. The zero-order chi connectivity index (χ0) is 41.1. The molecule has 4 heteroatoms. The minimum atomic E-state index is -0.000517. The van der Waals surface area contributed by atoms with Crippen molar-refractivity contribution in [3.05, 3.63) is 131 Å². The summed E-state index contributed by atoms with van der Waals surface area (Å²) in [5, 5.41) is 4.98. The minimum absolute atomic E-state index is 0.000517. The van der Waals surface area contributed by atoms with E-state index in [-0.39, 0.29) is 27.1 Å². The topological polar surface area (TPSA) is 28.4 Å². The largest absolute Gasteiger partial charge is 0.469 e. The van der Waals surface area contributed by atoms with Gasteiger partial charge in [-0.1, -0.05) is 113 Å². The van der Waals surface area contributed by atoms with Crippen LogP contribution >= 0.6 is 0 Å². The number of aryl methyl sites for hydroxylation is 1. The Hall–Kier alpha value is -4.44. The van der Waals surface area contributed by atoms with E-state index in [1.807, 2.05) is 0 Å². The summed E-state index contributed by atoms with van der Waals surface area (Å²) < 4.78 is 6.71. The van der Waals surface area contributed by atoms with Crippen LogP contribution < -0.4 is 15.9 Å². The van der Waals surface area contributed by atoms with Crippen LogP contribution in [0.15, 0.2) is 102 Å². The third-order valence-electron chi connectivity index (χ3n) is 13.5. The van der Waals surface area contributed by atoms with Crippen LogP contribution in [0.2, 0.25) is 0 Å². The molecule has 5 aromatic rings. The van der Waals surface area contributed by atoms with Crippen molar-refractivity contribution >= 4 is 41.0 Å². The minimum Gasteiger partial charge on any atom is -0.469 e. The molecule has 2 aliphatic rings. The Kier molecular flexibility index (Phi) is 10.5. The van der Waals surface area contributed by atoms with E-state index >= 15 is 0 Å². The predicted octanol–water partition coefficient (Wildman–Crippen LogP) is 14.0. The molecule has 1 heterocycles. The van der Waals surface area contributed by atoms with Gasteiger partial charge in [-0.25, -0.2) is 0 Å². The van der Waals surface area contributed by atoms with Gasteiger partial charge in [0.25, 0.3) is 0 Å². The first-order valence-corrected chi connectivity index (χ1v) is 21.4. The highest BCUT2D eigenvalue weighted by atomic mass is 16.3. The fraction of sp³-hybridized carbons (Fsp3) is 0.434. The number of furan rings is 1. The number of nitrogens with one attached hydrogen (secondary N) is 1. The summed E-state index contributed by atoms with van der Waals surface area (Å²) in [4.78, 5) is 2.48. The molecule has 0 bridgehead atoms. The Morgan fingerprint density at radius 1 is 0.719 bits per heavy atom. The number of benzene rings is 4. The molecular formula is C53H66BN2O. The van der Waals surface area contributed by atoms with E-state index in [0.29, 0.717) is 6.54 Å². The maximum atomic E-state index is 6.71. The molecule has 0 unspecified atom stereocenters. The summed E-state index contributed by atoms with van der Waals surface area (Å²) >= 11 is 0. The molecule has 0 aliphatic heterocycles. The van der Waals surface area contributed by atoms with E-state index in [1.165, 1.54) is 75.9 Å². The van der Waals surface area contributed by atoms with Gasteiger partial charge in [-0.05, 0) is 154 Å². The molecule has 0 amide bonds. The standard InChI is InChI=1S/C53H66BN2O/c1-14-28-54-48-47(40-31-36(49(3,4)5)20-23-46(40)57-48)56(37-21-22-41-42(32-37)51(8,9)25-24-50(41,6)7)30-17-29-55-45-34-44-43(52(10,11)26-27-53(44,12)13)33-39(45)38-19-16-15-18-35(38)2/h14-23,28-29,31-34,55H,24-27,30H2,1-13H3/b28-14+,29-17+. The molecule has 57 heavy (non-hydrogen) atoms. The summed E-state index contributed by atoms with van der Waals surface area (Å²) in [5.74, 6) is 2.09. The zero-order valence-electron chi connectivity index (χ0n) is 37.2. The molecule has 0 saturated carbocycles. The molecule has 0 fully saturated rings. The second-order valence-electron chi connectivity index (χ2n) is 20.6. The van der Waals surface area contributed by atoms with Gasteiger partial charge in [0.15, 0.2) is 0 Å². The maximum Gasteiger partial charge on any atom is 0.234 e. The molecule has 2 aliphatic carbocycles. The average molecular weight is 758 g/mol. The van der Waals surface area contributed by atoms with Gasteiger partial charge < -0.3 is 14.6 Å². The molecule has 1 radical (unpaired) electrons. The fourth-order valence-corrected chi connectivity index (χ4v) is 9.35. The van der Waals surface area contributed by atoms with E-state index < -0.39 is 0 Å². The lowest BCUT2D eigenvalue weighted by molar-refractivity contribution is 0.332. The molecule has 4 aromatic carbocycles. The van der Waals surface area contributed by atoms with Crippen LogP contribution in [0, 0.1) is 6.92 Å². The van der Waals surface area contributed by atoms with Gasteiger partial charge in [0.2, 0.25) is 7.28 Å². The van der Waals surface area contributed by atoms with Crippen LogP contribution in [-0.2, 0) is 27.1 Å². The number of hydrogen-bond donors (Lipinski definition) is 1. The van der Waals surface area contributed by atoms with E-state index in [1.54, 1.807) is 0 Å². The highest BCUT2D eigenvalue weighted by molar-refractivity contribution is 6.60. The van der Waals surface area contributed by atoms with Crippen molar-refractivity contribution in [2.24, 2.45) is 0 Å². The maximum absolute atomic E-state index is 6.71. The predicted molar refractivity (Wildman–Crippen MR) is 249 cm³/mol. The zero-order valence-corrected chi connectivity index (χ0v) is 37.2. The van der Waals surface area contributed by atoms with Gasteiger partial charge in [0.1, 0.15) is 5.58 Å². The second-order valence-corrected chi connectivity index (χ2v) is 20.6. The Morgan fingerprint density at radius 3 is 1.96 bits per heavy atom. The van der Waals surface area contributed by atoms with Crippen molar-refractivity contribution in [3.8, 4) is 11.1 Å². The molecule has 0 saturated heterocycles. The third-order valence-corrected chi connectivity index (χ3v) is 13.5. The van der Waals surface area contributed by atoms with Crippen LogP contribution in [-0.4, -0.2) is 13.8 Å². The normalized spacial score (nSPS) is 18.1. The van der Waals surface area contributed by atoms with Crippen molar-refractivity contribution in [2.45, 2.75) is 143 Å². The van der Waals surface area contributed by atoms with E-state index in [4.69, 9.17) is 4.42 Å². The first kappa shape index (κ1) is 40.8. The van der Waals surface area contributed by atoms with E-state index in [0.717, 1.165) is 28.0 Å². The van der Waals surface area contributed by atoms with Gasteiger partial charge in [0.05, 0.1) is 11.3 Å². The van der Waals surface area contributed by atoms with E-state index in [9.17, 15) is 0 Å². The van der Waals surface area contributed by atoms with Crippen LogP contribution in [0.25, 0.3) is 22.1 Å². The number of hydrogen-bond acceptors (Lipinski definition) is 3. The van der Waals surface area contributed by atoms with E-state index in [2.05, 4.69) is 205 Å². The lowest BCUT2D eigenvalue weighted by atomic mass is 9.62. The number of rotatable bonds is 9. The molecule has 1 N–H and O–H groups in total. The number of nitrogens with zero attached hydrogens (tertiary/aromatic N) is 1. The summed E-state index contributed by atoms with van der Waals surface area (Å²) in [6.07, 6.45) is 11.3. The van der Waals surface area contributed by atoms with Crippen molar-refractivity contribution in [1.29, 1.82) is 0 Å². The van der Waals surface area contributed by atoms with Crippen molar-refractivity contribution in [2.75, 3.05) is 16.8 Å².